The maximum absolute atomic E-state index is 6.02. The highest BCUT2D eigenvalue weighted by Crippen LogP contribution is 2.36. The Morgan fingerprint density at radius 3 is 2.47 bits per heavy atom. The van der Waals surface area contributed by atoms with E-state index in [1.165, 1.54) is 0 Å². The van der Waals surface area contributed by atoms with Gasteiger partial charge in [-0.1, -0.05) is 0 Å². The number of aromatic amines is 1. The van der Waals surface area contributed by atoms with E-state index in [2.05, 4.69) is 31.1 Å². The third-order valence-corrected chi connectivity index (χ3v) is 4.33. The monoisotopic (exact) mass is 323 g/mol. The van der Waals surface area contributed by atoms with Gasteiger partial charge in [-0.2, -0.15) is 5.10 Å². The van der Waals surface area contributed by atoms with Crippen molar-refractivity contribution in [2.24, 2.45) is 0 Å². The zero-order valence-corrected chi connectivity index (χ0v) is 12.9. The molecular weight excluding hydrogens is 309 g/mol. The van der Waals surface area contributed by atoms with Gasteiger partial charge in [0.1, 0.15) is 0 Å². The summed E-state index contributed by atoms with van der Waals surface area (Å²) in [4.78, 5) is 4.25. The number of hydrogen-bond acceptors (Lipinski definition) is 4. The van der Waals surface area contributed by atoms with Gasteiger partial charge >= 0.3 is 7.12 Å². The number of nitrogens with zero attached hydrogens (tertiary/aromatic N) is 2. The first-order chi connectivity index (χ1) is 8.80. The summed E-state index contributed by atoms with van der Waals surface area (Å²) in [5.74, 6) is 0. The van der Waals surface area contributed by atoms with Gasteiger partial charge in [0.25, 0.3) is 0 Å². The fraction of sp³-hybridized carbons (Fsp3) is 0.500. The minimum Gasteiger partial charge on any atom is -0.398 e. The average Bonchev–Trinajstić information content (AvgIpc) is 2.77. The molecule has 1 N–H and O–H groups in total. The summed E-state index contributed by atoms with van der Waals surface area (Å²) in [5.41, 5.74) is 0.735. The zero-order valence-electron chi connectivity index (χ0n) is 11.3. The molecule has 19 heavy (non-hydrogen) atoms. The van der Waals surface area contributed by atoms with E-state index in [0.29, 0.717) is 5.65 Å². The molecule has 0 aromatic carbocycles. The third-order valence-electron chi connectivity index (χ3n) is 3.89. The van der Waals surface area contributed by atoms with Crippen molar-refractivity contribution in [1.29, 1.82) is 0 Å². The quantitative estimate of drug-likeness (QED) is 0.816. The van der Waals surface area contributed by atoms with Crippen LogP contribution in [0.15, 0.2) is 16.7 Å². The van der Waals surface area contributed by atoms with Crippen LogP contribution >= 0.6 is 15.9 Å². The Balaban J connectivity index is 2.05. The summed E-state index contributed by atoms with van der Waals surface area (Å²) < 4.78 is 12.9. The van der Waals surface area contributed by atoms with Gasteiger partial charge in [0.15, 0.2) is 5.65 Å². The minimum absolute atomic E-state index is 0.367. The molecule has 0 radical (unpaired) electrons. The van der Waals surface area contributed by atoms with E-state index in [1.807, 2.05) is 33.8 Å². The number of aromatic nitrogens is 3. The predicted molar refractivity (Wildman–Crippen MR) is 77.3 cm³/mol. The fourth-order valence-electron chi connectivity index (χ4n) is 2.03. The third kappa shape index (κ3) is 2.00. The van der Waals surface area contributed by atoms with E-state index >= 15 is 0 Å². The lowest BCUT2D eigenvalue weighted by Gasteiger charge is -2.32. The molecule has 0 spiro atoms. The first-order valence-corrected chi connectivity index (χ1v) is 6.95. The number of pyridine rings is 1. The number of hydrogen-bond donors (Lipinski definition) is 1. The summed E-state index contributed by atoms with van der Waals surface area (Å²) >= 11 is 3.42. The van der Waals surface area contributed by atoms with Gasteiger partial charge in [-0.15, -0.1) is 0 Å². The number of fused-ring (bicyclic) bond motifs is 1. The normalized spacial score (nSPS) is 21.2. The van der Waals surface area contributed by atoms with Crippen molar-refractivity contribution in [3.63, 3.8) is 0 Å². The largest absolute Gasteiger partial charge is 0.514 e. The molecule has 1 aliphatic rings. The Bertz CT molecular complexity index is 625. The zero-order chi connectivity index (χ0) is 13.8. The van der Waals surface area contributed by atoms with Crippen LogP contribution in [0.5, 0.6) is 0 Å². The molecule has 0 amide bonds. The molecule has 5 nitrogen and oxygen atoms in total. The van der Waals surface area contributed by atoms with Crippen molar-refractivity contribution in [3.05, 3.63) is 16.7 Å². The van der Waals surface area contributed by atoms with Crippen LogP contribution in [0, 0.1) is 0 Å². The minimum atomic E-state index is -0.453. The smallest absolute Gasteiger partial charge is 0.398 e. The molecule has 7 heteroatoms. The summed E-state index contributed by atoms with van der Waals surface area (Å²) in [6.07, 6.45) is 1.72. The first-order valence-electron chi connectivity index (χ1n) is 6.15. The van der Waals surface area contributed by atoms with E-state index in [0.717, 1.165) is 15.5 Å². The van der Waals surface area contributed by atoms with Crippen molar-refractivity contribution < 1.29 is 9.31 Å². The average molecular weight is 324 g/mol. The van der Waals surface area contributed by atoms with Gasteiger partial charge in [0, 0.05) is 16.1 Å². The molecule has 0 atom stereocenters. The SMILES string of the molecule is CC1(C)OB(c2[nH]nc3ncc(Br)cc23)OC1(C)C. The fourth-order valence-corrected chi connectivity index (χ4v) is 2.36. The maximum Gasteiger partial charge on any atom is 0.514 e. The van der Waals surface area contributed by atoms with Gasteiger partial charge in [-0.3, -0.25) is 5.10 Å². The van der Waals surface area contributed by atoms with E-state index in [1.54, 1.807) is 6.20 Å². The van der Waals surface area contributed by atoms with Crippen LogP contribution in [0.3, 0.4) is 0 Å². The number of nitrogens with one attached hydrogen (secondary N) is 1. The van der Waals surface area contributed by atoms with Gasteiger partial charge < -0.3 is 9.31 Å². The summed E-state index contributed by atoms with van der Waals surface area (Å²) in [6.45, 7) is 8.11. The highest BCUT2D eigenvalue weighted by molar-refractivity contribution is 9.10. The highest BCUT2D eigenvalue weighted by atomic mass is 79.9. The van der Waals surface area contributed by atoms with Crippen molar-refractivity contribution in [2.75, 3.05) is 0 Å². The van der Waals surface area contributed by atoms with Crippen LogP contribution in [-0.4, -0.2) is 33.5 Å². The molecule has 1 fully saturated rings. The molecule has 100 valence electrons. The number of H-pyrrole nitrogens is 1. The van der Waals surface area contributed by atoms with E-state index < -0.39 is 7.12 Å². The molecule has 2 aromatic heterocycles. The predicted octanol–water partition coefficient (Wildman–Crippen LogP) is 2.02. The molecule has 1 saturated heterocycles. The van der Waals surface area contributed by atoms with Crippen LogP contribution < -0.4 is 5.59 Å². The van der Waals surface area contributed by atoms with Gasteiger partial charge in [0.2, 0.25) is 0 Å². The van der Waals surface area contributed by atoms with E-state index in [-0.39, 0.29) is 11.2 Å². The van der Waals surface area contributed by atoms with E-state index in [4.69, 9.17) is 9.31 Å². The molecule has 2 aromatic rings. The molecule has 0 aliphatic carbocycles. The lowest BCUT2D eigenvalue weighted by molar-refractivity contribution is 0.00578. The Hall–Kier alpha value is -0.915. The summed E-state index contributed by atoms with van der Waals surface area (Å²) in [6, 6.07) is 1.96. The molecule has 3 rings (SSSR count). The van der Waals surface area contributed by atoms with Gasteiger partial charge in [0.05, 0.1) is 16.8 Å². The summed E-state index contributed by atoms with van der Waals surface area (Å²) in [7, 11) is -0.453. The maximum atomic E-state index is 6.02. The van der Waals surface area contributed by atoms with Crippen LogP contribution in [0.1, 0.15) is 27.7 Å². The lowest BCUT2D eigenvalue weighted by Crippen LogP contribution is -2.41. The molecule has 3 heterocycles. The van der Waals surface area contributed by atoms with Crippen molar-refractivity contribution in [2.45, 2.75) is 38.9 Å². The van der Waals surface area contributed by atoms with Crippen molar-refractivity contribution in [1.82, 2.24) is 15.2 Å². The van der Waals surface area contributed by atoms with Crippen LogP contribution in [0.25, 0.3) is 11.0 Å². The van der Waals surface area contributed by atoms with E-state index in [9.17, 15) is 0 Å². The molecule has 0 saturated carbocycles. The van der Waals surface area contributed by atoms with Gasteiger partial charge in [-0.05, 0) is 49.7 Å². The van der Waals surface area contributed by atoms with Crippen molar-refractivity contribution >= 4 is 39.7 Å². The second-order valence-electron chi connectivity index (χ2n) is 5.75. The van der Waals surface area contributed by atoms with Crippen molar-refractivity contribution in [3.8, 4) is 0 Å². The standard InChI is InChI=1S/C12H15BBrN3O2/c1-11(2)12(3,4)19-13(18-11)9-8-5-7(14)6-15-10(8)17-16-9/h5-6H,1-4H3,(H,15,16,17). The first kappa shape index (κ1) is 13.1. The Kier molecular flexibility index (Phi) is 2.78. The second kappa shape index (κ2) is 4.04. The Labute approximate surface area is 120 Å². The molecular formula is C12H15BBrN3O2. The second-order valence-corrected chi connectivity index (χ2v) is 6.67. The topological polar surface area (TPSA) is 60.0 Å². The summed E-state index contributed by atoms with van der Waals surface area (Å²) in [5, 5.41) is 8.07. The van der Waals surface area contributed by atoms with Crippen LogP contribution in [0.4, 0.5) is 0 Å². The lowest BCUT2D eigenvalue weighted by atomic mass is 9.83. The molecule has 1 aliphatic heterocycles. The number of halogens is 1. The van der Waals surface area contributed by atoms with Crippen LogP contribution in [0.2, 0.25) is 0 Å². The van der Waals surface area contributed by atoms with Crippen LogP contribution in [-0.2, 0) is 9.31 Å². The number of rotatable bonds is 1. The molecule has 0 bridgehead atoms. The highest BCUT2D eigenvalue weighted by Gasteiger charge is 2.52. The molecule has 0 unspecified atom stereocenters. The van der Waals surface area contributed by atoms with Gasteiger partial charge in [-0.25, -0.2) is 4.98 Å². The Morgan fingerprint density at radius 2 is 1.84 bits per heavy atom. The Morgan fingerprint density at radius 1 is 1.21 bits per heavy atom.